The summed E-state index contributed by atoms with van der Waals surface area (Å²) in [6, 6.07) is 0. The molecule has 0 aromatic carbocycles. The fourth-order valence-corrected chi connectivity index (χ4v) is 1.09. The largest absolute Gasteiger partial charge is 0.465 e. The number of rotatable bonds is 7. The van der Waals surface area contributed by atoms with Crippen LogP contribution in [0.1, 0.15) is 20.8 Å². The molecule has 1 amide bonds. The number of hydrogen-bond acceptors (Lipinski definition) is 5. The zero-order valence-electron chi connectivity index (χ0n) is 12.6. The molecule has 0 saturated heterocycles. The van der Waals surface area contributed by atoms with Crippen LogP contribution in [0, 0.1) is 0 Å². The van der Waals surface area contributed by atoms with Crippen LogP contribution in [0.5, 0.6) is 0 Å². The lowest BCUT2D eigenvalue weighted by atomic mass is 10.1. The number of methoxy groups -OCH3 is 1. The zero-order chi connectivity index (χ0) is 15.8. The van der Waals surface area contributed by atoms with Gasteiger partial charge in [0.15, 0.2) is 0 Å². The molecule has 0 radical (unpaired) electrons. The third-order valence-corrected chi connectivity index (χ3v) is 2.05. The smallest absolute Gasteiger partial charge is 0.407 e. The highest BCUT2D eigenvalue weighted by atomic mass is 16.6. The Bertz CT molecular complexity index is 382. The van der Waals surface area contributed by atoms with Gasteiger partial charge in [-0.2, -0.15) is 0 Å². The van der Waals surface area contributed by atoms with Gasteiger partial charge < -0.3 is 19.5 Å². The first kappa shape index (κ1) is 18.2. The Morgan fingerprint density at radius 3 is 2.30 bits per heavy atom. The number of carbonyl (C=O) groups excluding carboxylic acids is 2. The van der Waals surface area contributed by atoms with Crippen LogP contribution in [0.25, 0.3) is 0 Å². The van der Waals surface area contributed by atoms with Gasteiger partial charge in [0, 0.05) is 6.54 Å². The molecule has 0 rings (SSSR count). The van der Waals surface area contributed by atoms with Crippen molar-refractivity contribution < 1.29 is 23.8 Å². The first-order chi connectivity index (χ1) is 9.17. The summed E-state index contributed by atoms with van der Waals surface area (Å²) < 4.78 is 14.8. The average molecular weight is 285 g/mol. The van der Waals surface area contributed by atoms with Crippen molar-refractivity contribution in [1.29, 1.82) is 0 Å². The van der Waals surface area contributed by atoms with Crippen LogP contribution in [0.15, 0.2) is 24.3 Å². The second-order valence-electron chi connectivity index (χ2n) is 5.05. The summed E-state index contributed by atoms with van der Waals surface area (Å²) in [4.78, 5) is 22.5. The van der Waals surface area contributed by atoms with E-state index < -0.39 is 17.7 Å². The summed E-state index contributed by atoms with van der Waals surface area (Å²) in [6.07, 6.45) is -0.501. The Hall–Kier alpha value is -1.82. The standard InChI is InChI=1S/C14H23NO5/c1-10(11(2)12(16)18-6)9-19-8-7-15-13(17)20-14(3,4)5/h1-2,7-9H2,3-6H3,(H,15,17). The minimum absolute atomic E-state index is 0.143. The van der Waals surface area contributed by atoms with Crippen LogP contribution in [0.2, 0.25) is 0 Å². The molecule has 0 unspecified atom stereocenters. The molecule has 6 nitrogen and oxygen atoms in total. The first-order valence-electron chi connectivity index (χ1n) is 6.17. The summed E-state index contributed by atoms with van der Waals surface area (Å²) in [7, 11) is 1.27. The van der Waals surface area contributed by atoms with Crippen LogP contribution in [0.4, 0.5) is 4.79 Å². The van der Waals surface area contributed by atoms with Crippen molar-refractivity contribution in [3.8, 4) is 0 Å². The molecule has 0 fully saturated rings. The number of ether oxygens (including phenoxy) is 3. The number of esters is 1. The third-order valence-electron chi connectivity index (χ3n) is 2.05. The van der Waals surface area contributed by atoms with E-state index in [1.165, 1.54) is 7.11 Å². The van der Waals surface area contributed by atoms with Gasteiger partial charge in [0.25, 0.3) is 0 Å². The van der Waals surface area contributed by atoms with E-state index in [0.29, 0.717) is 12.1 Å². The molecule has 0 spiro atoms. The molecule has 0 heterocycles. The molecule has 1 N–H and O–H groups in total. The SMILES string of the molecule is C=C(COCCNC(=O)OC(C)(C)C)C(=C)C(=O)OC. The normalized spacial score (nSPS) is 10.6. The van der Waals surface area contributed by atoms with Crippen molar-refractivity contribution in [2.24, 2.45) is 0 Å². The fourth-order valence-electron chi connectivity index (χ4n) is 1.09. The van der Waals surface area contributed by atoms with Crippen LogP contribution in [0.3, 0.4) is 0 Å². The van der Waals surface area contributed by atoms with Crippen LogP contribution in [-0.2, 0) is 19.0 Å². The maximum absolute atomic E-state index is 11.3. The van der Waals surface area contributed by atoms with Crippen molar-refractivity contribution in [2.45, 2.75) is 26.4 Å². The lowest BCUT2D eigenvalue weighted by molar-refractivity contribution is -0.135. The maximum Gasteiger partial charge on any atom is 0.407 e. The quantitative estimate of drug-likeness (QED) is 0.334. The molecule has 0 aliphatic heterocycles. The van der Waals surface area contributed by atoms with Gasteiger partial charge in [-0.15, -0.1) is 0 Å². The molecular formula is C14H23NO5. The predicted molar refractivity (Wildman–Crippen MR) is 75.4 cm³/mol. The Balaban J connectivity index is 3.78. The van der Waals surface area contributed by atoms with Gasteiger partial charge in [-0.05, 0) is 26.3 Å². The monoisotopic (exact) mass is 285 g/mol. The molecule has 114 valence electrons. The Morgan fingerprint density at radius 1 is 1.20 bits per heavy atom. The molecule has 0 aromatic heterocycles. The van der Waals surface area contributed by atoms with Gasteiger partial charge in [-0.25, -0.2) is 9.59 Å². The summed E-state index contributed by atoms with van der Waals surface area (Å²) in [5.74, 6) is -0.537. The Kier molecular flexibility index (Phi) is 7.61. The van der Waals surface area contributed by atoms with E-state index in [0.717, 1.165) is 0 Å². The molecule has 0 aromatic rings. The number of carbonyl (C=O) groups is 2. The van der Waals surface area contributed by atoms with E-state index in [9.17, 15) is 9.59 Å². The second kappa shape index (κ2) is 8.37. The molecule has 0 atom stereocenters. The minimum atomic E-state index is -0.537. The van der Waals surface area contributed by atoms with Crippen molar-refractivity contribution >= 4 is 12.1 Å². The Labute approximate surface area is 119 Å². The topological polar surface area (TPSA) is 73.9 Å². The minimum Gasteiger partial charge on any atom is -0.465 e. The predicted octanol–water partition coefficient (Wildman–Crippen LogP) is 1.81. The van der Waals surface area contributed by atoms with E-state index >= 15 is 0 Å². The van der Waals surface area contributed by atoms with Crippen LogP contribution in [-0.4, -0.2) is 44.5 Å². The van der Waals surface area contributed by atoms with Gasteiger partial charge in [-0.3, -0.25) is 0 Å². The summed E-state index contributed by atoms with van der Waals surface area (Å²) in [5.41, 5.74) is 0.0824. The number of hydrogen-bond donors (Lipinski definition) is 1. The molecule has 0 aliphatic carbocycles. The summed E-state index contributed by atoms with van der Waals surface area (Å²) in [6.45, 7) is 13.3. The van der Waals surface area contributed by atoms with Gasteiger partial charge in [-0.1, -0.05) is 13.2 Å². The van der Waals surface area contributed by atoms with E-state index in [-0.39, 0.29) is 18.8 Å². The van der Waals surface area contributed by atoms with Crippen LogP contribution < -0.4 is 5.32 Å². The first-order valence-corrected chi connectivity index (χ1v) is 6.17. The number of nitrogens with one attached hydrogen (secondary N) is 1. The van der Waals surface area contributed by atoms with Gasteiger partial charge in [0.2, 0.25) is 0 Å². The highest BCUT2D eigenvalue weighted by Gasteiger charge is 2.15. The fraction of sp³-hybridized carbons (Fsp3) is 0.571. The van der Waals surface area contributed by atoms with E-state index in [4.69, 9.17) is 9.47 Å². The second-order valence-corrected chi connectivity index (χ2v) is 5.05. The van der Waals surface area contributed by atoms with E-state index in [1.807, 2.05) is 0 Å². The van der Waals surface area contributed by atoms with Crippen molar-refractivity contribution in [3.05, 3.63) is 24.3 Å². The van der Waals surface area contributed by atoms with Crippen molar-refractivity contribution in [2.75, 3.05) is 26.9 Å². The molecule has 6 heteroatoms. The lowest BCUT2D eigenvalue weighted by Crippen LogP contribution is -2.34. The van der Waals surface area contributed by atoms with E-state index in [2.05, 4.69) is 23.2 Å². The number of amides is 1. The van der Waals surface area contributed by atoms with Crippen LogP contribution >= 0.6 is 0 Å². The van der Waals surface area contributed by atoms with Gasteiger partial charge in [0.1, 0.15) is 5.60 Å². The van der Waals surface area contributed by atoms with E-state index in [1.54, 1.807) is 20.8 Å². The van der Waals surface area contributed by atoms with Crippen molar-refractivity contribution in [1.82, 2.24) is 5.32 Å². The van der Waals surface area contributed by atoms with Gasteiger partial charge >= 0.3 is 12.1 Å². The molecule has 0 saturated carbocycles. The zero-order valence-corrected chi connectivity index (χ0v) is 12.6. The third kappa shape index (κ3) is 8.31. The lowest BCUT2D eigenvalue weighted by Gasteiger charge is -2.19. The number of alkyl carbamates (subject to hydrolysis) is 1. The summed E-state index contributed by atoms with van der Waals surface area (Å²) >= 11 is 0. The Morgan fingerprint density at radius 2 is 1.80 bits per heavy atom. The summed E-state index contributed by atoms with van der Waals surface area (Å²) in [5, 5.41) is 2.55. The van der Waals surface area contributed by atoms with Gasteiger partial charge in [0.05, 0.1) is 25.9 Å². The molecule has 0 aliphatic rings. The molecule has 20 heavy (non-hydrogen) atoms. The molecular weight excluding hydrogens is 262 g/mol. The van der Waals surface area contributed by atoms with Crippen molar-refractivity contribution in [3.63, 3.8) is 0 Å². The highest BCUT2D eigenvalue weighted by Crippen LogP contribution is 2.07. The molecule has 0 bridgehead atoms. The average Bonchev–Trinajstić information content (AvgIpc) is 2.34. The highest BCUT2D eigenvalue weighted by molar-refractivity contribution is 5.92. The maximum atomic E-state index is 11.3.